The van der Waals surface area contributed by atoms with Crippen LogP contribution in [0.3, 0.4) is 0 Å². The van der Waals surface area contributed by atoms with Gasteiger partial charge in [0.1, 0.15) is 16.1 Å². The van der Waals surface area contributed by atoms with Crippen molar-refractivity contribution in [3.8, 4) is 5.75 Å². The maximum Gasteiger partial charge on any atom is 0.271 e. The number of anilines is 1. The maximum atomic E-state index is 13.4. The van der Waals surface area contributed by atoms with Crippen LogP contribution in [0.1, 0.15) is 25.0 Å². The molecule has 2 N–H and O–H groups in total. The van der Waals surface area contributed by atoms with Crippen LogP contribution in [0.4, 0.5) is 5.69 Å². The first-order valence-electron chi connectivity index (χ1n) is 12.5. The number of rotatable bonds is 9. The molecule has 0 spiro atoms. The molecule has 1 aliphatic heterocycles. The average Bonchev–Trinajstić information content (AvgIpc) is 3.44. The summed E-state index contributed by atoms with van der Waals surface area (Å²) in [4.78, 5) is 21.3. The molecule has 0 bridgehead atoms. The van der Waals surface area contributed by atoms with Crippen LogP contribution < -0.4 is 9.46 Å². The first kappa shape index (κ1) is 28.0. The van der Waals surface area contributed by atoms with E-state index in [1.54, 1.807) is 53.0 Å². The molecule has 0 radical (unpaired) electrons. The van der Waals surface area contributed by atoms with Crippen LogP contribution in [0.25, 0.3) is 0 Å². The Bertz CT molecular complexity index is 1320. The SMILES string of the molecule is C[C@H](CO)N1C[C@H](C)[C@@H](CN(C)Cc2ccncc2)Oc2ccc(NS(=O)(=O)c3cccs3)cc2CC1=O. The molecule has 3 aromatic rings. The van der Waals surface area contributed by atoms with Crippen molar-refractivity contribution in [1.29, 1.82) is 0 Å². The van der Waals surface area contributed by atoms with Crippen LogP contribution in [0.2, 0.25) is 0 Å². The van der Waals surface area contributed by atoms with Crippen LogP contribution in [-0.4, -0.2) is 73.1 Å². The Morgan fingerprint density at radius 2 is 2.03 bits per heavy atom. The van der Waals surface area contributed by atoms with Crippen LogP contribution >= 0.6 is 11.3 Å². The van der Waals surface area contributed by atoms with Gasteiger partial charge >= 0.3 is 0 Å². The number of carbonyl (C=O) groups excluding carboxylic acids is 1. The number of pyridine rings is 1. The van der Waals surface area contributed by atoms with E-state index in [9.17, 15) is 18.3 Å². The molecule has 0 saturated carbocycles. The van der Waals surface area contributed by atoms with Crippen LogP contribution in [0, 0.1) is 5.92 Å². The van der Waals surface area contributed by atoms with Gasteiger partial charge in [0.05, 0.1) is 19.1 Å². The first-order valence-corrected chi connectivity index (χ1v) is 14.9. The highest BCUT2D eigenvalue weighted by molar-refractivity contribution is 7.94. The largest absolute Gasteiger partial charge is 0.488 e. The summed E-state index contributed by atoms with van der Waals surface area (Å²) in [5.41, 5.74) is 2.08. The van der Waals surface area contributed by atoms with E-state index in [1.807, 2.05) is 33.0 Å². The van der Waals surface area contributed by atoms with Crippen molar-refractivity contribution < 1.29 is 23.1 Å². The maximum absolute atomic E-state index is 13.4. The van der Waals surface area contributed by atoms with Crippen molar-refractivity contribution >= 4 is 33.0 Å². The summed E-state index contributed by atoms with van der Waals surface area (Å²) in [6.45, 7) is 5.45. The van der Waals surface area contributed by atoms with Crippen molar-refractivity contribution in [3.05, 3.63) is 71.4 Å². The molecule has 9 nitrogen and oxygen atoms in total. The highest BCUT2D eigenvalue weighted by Gasteiger charge is 2.31. The van der Waals surface area contributed by atoms with E-state index in [4.69, 9.17) is 4.74 Å². The molecule has 204 valence electrons. The molecule has 3 atom stereocenters. The highest BCUT2D eigenvalue weighted by Crippen LogP contribution is 2.30. The third-order valence-electron chi connectivity index (χ3n) is 6.62. The minimum absolute atomic E-state index is 0.0283. The molecule has 1 aromatic carbocycles. The summed E-state index contributed by atoms with van der Waals surface area (Å²) >= 11 is 1.13. The molecule has 3 heterocycles. The number of hydrogen-bond donors (Lipinski definition) is 2. The highest BCUT2D eigenvalue weighted by atomic mass is 32.2. The van der Waals surface area contributed by atoms with Gasteiger partial charge in [-0.15, -0.1) is 11.3 Å². The second-order valence-electron chi connectivity index (χ2n) is 9.80. The second-order valence-corrected chi connectivity index (χ2v) is 12.7. The van der Waals surface area contributed by atoms with Gasteiger partial charge in [0.15, 0.2) is 0 Å². The minimum atomic E-state index is -3.74. The number of nitrogens with one attached hydrogen (secondary N) is 1. The third-order valence-corrected chi connectivity index (χ3v) is 9.40. The molecule has 1 aliphatic rings. The Morgan fingerprint density at radius 1 is 1.26 bits per heavy atom. The number of aliphatic hydroxyl groups is 1. The number of sulfonamides is 1. The second kappa shape index (κ2) is 12.2. The molecule has 2 aromatic heterocycles. The Labute approximate surface area is 228 Å². The van der Waals surface area contributed by atoms with E-state index in [2.05, 4.69) is 14.6 Å². The van der Waals surface area contributed by atoms with Gasteiger partial charge in [0.2, 0.25) is 5.91 Å². The third kappa shape index (κ3) is 6.90. The number of fused-ring (bicyclic) bond motifs is 1. The van der Waals surface area contributed by atoms with Gasteiger partial charge in [0, 0.05) is 49.2 Å². The zero-order valence-electron chi connectivity index (χ0n) is 21.8. The smallest absolute Gasteiger partial charge is 0.271 e. The fourth-order valence-electron chi connectivity index (χ4n) is 4.50. The summed E-state index contributed by atoms with van der Waals surface area (Å²) in [6.07, 6.45) is 3.31. The van der Waals surface area contributed by atoms with Gasteiger partial charge in [-0.2, -0.15) is 0 Å². The summed E-state index contributed by atoms with van der Waals surface area (Å²) in [7, 11) is -1.72. The lowest BCUT2D eigenvalue weighted by molar-refractivity contribution is -0.134. The predicted molar refractivity (Wildman–Crippen MR) is 148 cm³/mol. The zero-order valence-corrected chi connectivity index (χ0v) is 23.4. The molecule has 38 heavy (non-hydrogen) atoms. The number of benzene rings is 1. The Balaban J connectivity index is 1.63. The minimum Gasteiger partial charge on any atom is -0.488 e. The fourth-order valence-corrected chi connectivity index (χ4v) is 6.55. The molecule has 11 heteroatoms. The lowest BCUT2D eigenvalue weighted by Crippen LogP contribution is -2.47. The fraction of sp³-hybridized carbons (Fsp3) is 0.407. The number of amides is 1. The monoisotopic (exact) mass is 558 g/mol. The first-order chi connectivity index (χ1) is 18.2. The van der Waals surface area contributed by atoms with Crippen molar-refractivity contribution in [3.63, 3.8) is 0 Å². The van der Waals surface area contributed by atoms with Crippen LogP contribution in [-0.2, 0) is 27.8 Å². The van der Waals surface area contributed by atoms with Crippen molar-refractivity contribution in [2.45, 2.75) is 43.2 Å². The van der Waals surface area contributed by atoms with E-state index < -0.39 is 10.0 Å². The topological polar surface area (TPSA) is 112 Å². The lowest BCUT2D eigenvalue weighted by Gasteiger charge is -2.34. The number of nitrogens with zero attached hydrogens (tertiary/aromatic N) is 3. The van der Waals surface area contributed by atoms with E-state index in [1.165, 1.54) is 0 Å². The van der Waals surface area contributed by atoms with Crippen molar-refractivity contribution in [2.24, 2.45) is 5.92 Å². The van der Waals surface area contributed by atoms with Gasteiger partial charge in [-0.05, 0) is 61.3 Å². The number of likely N-dealkylation sites (N-methyl/N-ethyl adjacent to an activating group) is 1. The van der Waals surface area contributed by atoms with Crippen molar-refractivity contribution in [1.82, 2.24) is 14.8 Å². The molecule has 1 amide bonds. The molecular formula is C27H34N4O5S2. The summed E-state index contributed by atoms with van der Waals surface area (Å²) in [5.74, 6) is 0.369. The molecule has 0 saturated heterocycles. The number of thiophene rings is 1. The van der Waals surface area contributed by atoms with E-state index in [0.29, 0.717) is 36.6 Å². The van der Waals surface area contributed by atoms with Gasteiger partial charge in [-0.3, -0.25) is 19.4 Å². The van der Waals surface area contributed by atoms with E-state index in [0.717, 1.165) is 16.9 Å². The van der Waals surface area contributed by atoms with Gasteiger partial charge in [0.25, 0.3) is 10.0 Å². The molecule has 0 fully saturated rings. The summed E-state index contributed by atoms with van der Waals surface area (Å²) in [6, 6.07) is 11.9. The number of hydrogen-bond acceptors (Lipinski definition) is 8. The molecule has 4 rings (SSSR count). The Kier molecular flexibility index (Phi) is 9.03. The number of aliphatic hydroxyl groups excluding tert-OH is 1. The standard InChI is InChI=1S/C27H34N4O5S2/c1-19-15-31(20(2)18-32)26(33)14-22-13-23(29-38(34,35)27-5-4-12-37-27)6-7-24(22)36-25(19)17-30(3)16-21-8-10-28-11-9-21/h4-13,19-20,25,29,32H,14-18H2,1-3H3/t19-,20+,25+/m0/s1. The van der Waals surface area contributed by atoms with E-state index in [-0.39, 0.29) is 41.2 Å². The molecule has 0 unspecified atom stereocenters. The van der Waals surface area contributed by atoms with Crippen LogP contribution in [0.5, 0.6) is 5.75 Å². The summed E-state index contributed by atoms with van der Waals surface area (Å²) < 4.78 is 34.9. The molecule has 0 aliphatic carbocycles. The number of aromatic nitrogens is 1. The van der Waals surface area contributed by atoms with Gasteiger partial charge in [-0.1, -0.05) is 13.0 Å². The Hall–Kier alpha value is -2.99. The Morgan fingerprint density at radius 3 is 2.71 bits per heavy atom. The zero-order chi connectivity index (χ0) is 27.3. The van der Waals surface area contributed by atoms with Gasteiger partial charge in [-0.25, -0.2) is 8.42 Å². The lowest BCUT2D eigenvalue weighted by atomic mass is 10.0. The van der Waals surface area contributed by atoms with Crippen molar-refractivity contribution in [2.75, 3.05) is 31.5 Å². The predicted octanol–water partition coefficient (Wildman–Crippen LogP) is 3.22. The van der Waals surface area contributed by atoms with Crippen LogP contribution in [0.15, 0.2) is 64.4 Å². The number of carbonyl (C=O) groups is 1. The number of ether oxygens (including phenoxy) is 1. The van der Waals surface area contributed by atoms with E-state index >= 15 is 0 Å². The molecular weight excluding hydrogens is 524 g/mol. The summed E-state index contributed by atoms with van der Waals surface area (Å²) in [5, 5.41) is 11.5. The normalized spacial score (nSPS) is 19.2. The average molecular weight is 559 g/mol. The quantitative estimate of drug-likeness (QED) is 0.415. The van der Waals surface area contributed by atoms with Gasteiger partial charge < -0.3 is 14.7 Å².